The molecule has 1 aromatic carbocycles. The molecule has 0 spiro atoms. The van der Waals surface area contributed by atoms with Gasteiger partial charge in [-0.2, -0.15) is 0 Å². The Hall–Kier alpha value is -1.64. The number of rotatable bonds is 4. The third-order valence-corrected chi connectivity index (χ3v) is 2.11. The predicted molar refractivity (Wildman–Crippen MR) is 55.0 cm³/mol. The van der Waals surface area contributed by atoms with Crippen molar-refractivity contribution in [1.82, 2.24) is 0 Å². The van der Waals surface area contributed by atoms with Crippen LogP contribution in [0.2, 0.25) is 0 Å². The van der Waals surface area contributed by atoms with Crippen LogP contribution in [-0.2, 0) is 0 Å². The second-order valence-corrected chi connectivity index (χ2v) is 3.68. The lowest BCUT2D eigenvalue weighted by Gasteiger charge is -2.17. The number of hydrogen-bond acceptors (Lipinski definition) is 3. The van der Waals surface area contributed by atoms with Crippen LogP contribution in [0.5, 0.6) is 11.5 Å². The molecule has 9 heteroatoms. The molecule has 0 saturated heterocycles. The van der Waals surface area contributed by atoms with E-state index in [0.717, 1.165) is 6.07 Å². The Morgan fingerprint density at radius 1 is 1.00 bits per heavy atom. The first-order valence-corrected chi connectivity index (χ1v) is 5.11. The van der Waals surface area contributed by atoms with Crippen molar-refractivity contribution >= 4 is 0 Å². The van der Waals surface area contributed by atoms with Gasteiger partial charge in [0.15, 0.2) is 11.5 Å². The van der Waals surface area contributed by atoms with E-state index in [1.165, 1.54) is 0 Å². The van der Waals surface area contributed by atoms with Gasteiger partial charge in [-0.1, -0.05) is 6.07 Å². The van der Waals surface area contributed by atoms with E-state index in [0.29, 0.717) is 12.1 Å². The standard InChI is InChI=1S/C11H9F6O3/c1-6(5-18)7-2-3-8(19-10(12,13)14)9(4-7)20-11(15,16)17/h2-4,6,18H,1,5H2. The largest absolute Gasteiger partial charge is 0.573 e. The number of aliphatic hydroxyl groups excluding tert-OH is 1. The normalized spacial score (nSPS) is 14.0. The number of ether oxygens (including phenoxy) is 2. The molecule has 0 bridgehead atoms. The smallest absolute Gasteiger partial charge is 0.402 e. The summed E-state index contributed by atoms with van der Waals surface area (Å²) in [5.74, 6) is -3.11. The average molecular weight is 303 g/mol. The molecule has 113 valence electrons. The van der Waals surface area contributed by atoms with E-state index < -0.39 is 36.7 Å². The summed E-state index contributed by atoms with van der Waals surface area (Å²) in [6, 6.07) is 2.40. The molecule has 1 radical (unpaired) electrons. The molecule has 1 atom stereocenters. The maximum absolute atomic E-state index is 12.1. The highest BCUT2D eigenvalue weighted by molar-refractivity contribution is 5.44. The Kier molecular flexibility index (Phi) is 4.74. The van der Waals surface area contributed by atoms with E-state index in [9.17, 15) is 26.3 Å². The van der Waals surface area contributed by atoms with Crippen LogP contribution in [0.3, 0.4) is 0 Å². The van der Waals surface area contributed by atoms with Crippen LogP contribution >= 0.6 is 0 Å². The molecule has 3 nitrogen and oxygen atoms in total. The molecule has 1 aromatic rings. The summed E-state index contributed by atoms with van der Waals surface area (Å²) in [6.07, 6.45) is -10.3. The minimum Gasteiger partial charge on any atom is -0.402 e. The minimum absolute atomic E-state index is 0.0706. The Labute approximate surface area is 109 Å². The SMILES string of the molecule is [CH2]C(CO)c1ccc(OC(F)(F)F)c(OC(F)(F)F)c1. The van der Waals surface area contributed by atoms with Gasteiger partial charge in [-0.3, -0.25) is 0 Å². The fourth-order valence-electron chi connectivity index (χ4n) is 1.30. The summed E-state index contributed by atoms with van der Waals surface area (Å²) >= 11 is 0. The van der Waals surface area contributed by atoms with Crippen LogP contribution in [0.4, 0.5) is 26.3 Å². The molecule has 0 aliphatic rings. The molecule has 0 fully saturated rings. The first-order valence-electron chi connectivity index (χ1n) is 5.11. The van der Waals surface area contributed by atoms with Crippen LogP contribution in [0.15, 0.2) is 18.2 Å². The van der Waals surface area contributed by atoms with Gasteiger partial charge in [0.05, 0.1) is 0 Å². The first-order chi connectivity index (χ1) is 9.02. The lowest BCUT2D eigenvalue weighted by Crippen LogP contribution is -2.21. The third-order valence-electron chi connectivity index (χ3n) is 2.11. The fourth-order valence-corrected chi connectivity index (χ4v) is 1.30. The summed E-state index contributed by atoms with van der Waals surface area (Å²) in [7, 11) is 0. The molecule has 1 rings (SSSR count). The topological polar surface area (TPSA) is 38.7 Å². The average Bonchev–Trinajstić information content (AvgIpc) is 2.26. The lowest BCUT2D eigenvalue weighted by atomic mass is 10.0. The van der Waals surface area contributed by atoms with Gasteiger partial charge in [0.25, 0.3) is 0 Å². The van der Waals surface area contributed by atoms with E-state index in [-0.39, 0.29) is 5.56 Å². The molecule has 20 heavy (non-hydrogen) atoms. The van der Waals surface area contributed by atoms with Crippen molar-refractivity contribution in [1.29, 1.82) is 0 Å². The van der Waals surface area contributed by atoms with Gasteiger partial charge in [-0.15, -0.1) is 26.3 Å². The van der Waals surface area contributed by atoms with Crippen LogP contribution in [0, 0.1) is 6.92 Å². The summed E-state index contributed by atoms with van der Waals surface area (Å²) < 4.78 is 79.6. The Balaban J connectivity index is 3.16. The van der Waals surface area contributed by atoms with Crippen LogP contribution < -0.4 is 9.47 Å². The molecular formula is C11H9F6O3. The zero-order valence-electron chi connectivity index (χ0n) is 9.76. The summed E-state index contributed by atoms with van der Waals surface area (Å²) in [5, 5.41) is 8.83. The second-order valence-electron chi connectivity index (χ2n) is 3.68. The van der Waals surface area contributed by atoms with Crippen LogP contribution in [0.25, 0.3) is 0 Å². The summed E-state index contributed by atoms with van der Waals surface area (Å²) in [4.78, 5) is 0. The molecule has 1 N–H and O–H groups in total. The van der Waals surface area contributed by atoms with Crippen molar-refractivity contribution in [3.05, 3.63) is 30.7 Å². The van der Waals surface area contributed by atoms with E-state index in [1.807, 2.05) is 0 Å². The number of benzene rings is 1. The Bertz CT molecular complexity index is 454. The zero-order valence-corrected chi connectivity index (χ0v) is 9.76. The first kappa shape index (κ1) is 16.4. The molecule has 1 unspecified atom stereocenters. The molecule has 0 aliphatic carbocycles. The van der Waals surface area contributed by atoms with Crippen molar-refractivity contribution in [2.45, 2.75) is 18.6 Å². The number of alkyl halides is 6. The molecule has 0 heterocycles. The maximum Gasteiger partial charge on any atom is 0.573 e. The Morgan fingerprint density at radius 2 is 1.50 bits per heavy atom. The maximum atomic E-state index is 12.1. The van der Waals surface area contributed by atoms with Crippen molar-refractivity contribution in [3.63, 3.8) is 0 Å². The molecule has 0 aromatic heterocycles. The van der Waals surface area contributed by atoms with Crippen LogP contribution in [0.1, 0.15) is 11.5 Å². The van der Waals surface area contributed by atoms with E-state index in [2.05, 4.69) is 16.4 Å². The third kappa shape index (κ3) is 5.16. The molecular weight excluding hydrogens is 294 g/mol. The van der Waals surface area contributed by atoms with Crippen LogP contribution in [-0.4, -0.2) is 24.4 Å². The number of aliphatic hydroxyl groups is 1. The van der Waals surface area contributed by atoms with Crippen molar-refractivity contribution in [2.75, 3.05) is 6.61 Å². The monoisotopic (exact) mass is 303 g/mol. The van der Waals surface area contributed by atoms with Gasteiger partial charge < -0.3 is 14.6 Å². The highest BCUT2D eigenvalue weighted by atomic mass is 19.4. The van der Waals surface area contributed by atoms with E-state index >= 15 is 0 Å². The zero-order chi connectivity index (χ0) is 15.6. The summed E-state index contributed by atoms with van der Waals surface area (Å²) in [5.41, 5.74) is 0.0706. The molecule has 0 aliphatic heterocycles. The minimum atomic E-state index is -5.18. The van der Waals surface area contributed by atoms with Crippen molar-refractivity contribution < 1.29 is 40.9 Å². The van der Waals surface area contributed by atoms with E-state index in [1.54, 1.807) is 0 Å². The second kappa shape index (κ2) is 5.78. The summed E-state index contributed by atoms with van der Waals surface area (Å²) in [6.45, 7) is 2.92. The number of halogens is 6. The van der Waals surface area contributed by atoms with Crippen molar-refractivity contribution in [2.24, 2.45) is 0 Å². The quantitative estimate of drug-likeness (QED) is 0.867. The van der Waals surface area contributed by atoms with Gasteiger partial charge >= 0.3 is 12.7 Å². The van der Waals surface area contributed by atoms with Gasteiger partial charge in [0.1, 0.15) is 0 Å². The fraction of sp³-hybridized carbons (Fsp3) is 0.364. The van der Waals surface area contributed by atoms with Gasteiger partial charge in [-0.25, -0.2) is 0 Å². The highest BCUT2D eigenvalue weighted by Crippen LogP contribution is 2.37. The highest BCUT2D eigenvalue weighted by Gasteiger charge is 2.36. The molecule has 0 amide bonds. The van der Waals surface area contributed by atoms with E-state index in [4.69, 9.17) is 5.11 Å². The van der Waals surface area contributed by atoms with Gasteiger partial charge in [-0.05, 0) is 24.6 Å². The molecule has 0 saturated carbocycles. The van der Waals surface area contributed by atoms with Gasteiger partial charge in [0, 0.05) is 12.5 Å². The van der Waals surface area contributed by atoms with Crippen molar-refractivity contribution in [3.8, 4) is 11.5 Å². The number of hydrogen-bond donors (Lipinski definition) is 1. The van der Waals surface area contributed by atoms with Gasteiger partial charge in [0.2, 0.25) is 0 Å². The lowest BCUT2D eigenvalue weighted by molar-refractivity contribution is -0.287. The predicted octanol–water partition coefficient (Wildman–Crippen LogP) is 3.39. The Morgan fingerprint density at radius 3 is 1.95 bits per heavy atom.